The molecule has 1 aliphatic rings. The lowest BCUT2D eigenvalue weighted by molar-refractivity contribution is 0.252. The third-order valence-corrected chi connectivity index (χ3v) is 3.67. The minimum atomic E-state index is -0.779. The van der Waals surface area contributed by atoms with Crippen molar-refractivity contribution in [2.45, 2.75) is 18.9 Å². The van der Waals surface area contributed by atoms with Crippen molar-refractivity contribution >= 4 is 0 Å². The fourth-order valence-corrected chi connectivity index (χ4v) is 2.60. The van der Waals surface area contributed by atoms with Crippen molar-refractivity contribution in [2.75, 3.05) is 27.2 Å². The van der Waals surface area contributed by atoms with Gasteiger partial charge in [0, 0.05) is 6.04 Å². The maximum Gasteiger partial charge on any atom is 0.159 e. The van der Waals surface area contributed by atoms with E-state index in [0.29, 0.717) is 5.92 Å². The predicted octanol–water partition coefficient (Wildman–Crippen LogP) is 2.57. The molecule has 1 N–H and O–H groups in total. The molecule has 2 atom stereocenters. The monoisotopic (exact) mass is 254 g/mol. The lowest BCUT2D eigenvalue weighted by Gasteiger charge is -2.27. The molecule has 0 radical (unpaired) electrons. The number of nitrogens with one attached hydrogen (secondary N) is 1. The lowest BCUT2D eigenvalue weighted by atomic mass is 9.93. The van der Waals surface area contributed by atoms with Crippen LogP contribution in [0.2, 0.25) is 0 Å². The average Bonchev–Trinajstić information content (AvgIpc) is 2.82. The minimum Gasteiger partial charge on any atom is -0.316 e. The SMILES string of the molecule is CN(C)C(CC1CCNC1)c1ccc(F)c(F)c1. The van der Waals surface area contributed by atoms with Crippen molar-refractivity contribution in [2.24, 2.45) is 5.92 Å². The van der Waals surface area contributed by atoms with Crippen molar-refractivity contribution in [1.29, 1.82) is 0 Å². The molecule has 0 bridgehead atoms. The summed E-state index contributed by atoms with van der Waals surface area (Å²) in [5.74, 6) is -0.923. The van der Waals surface area contributed by atoms with E-state index in [4.69, 9.17) is 0 Å². The molecule has 0 spiro atoms. The van der Waals surface area contributed by atoms with Crippen LogP contribution in [-0.4, -0.2) is 32.1 Å². The van der Waals surface area contributed by atoms with E-state index in [1.54, 1.807) is 6.07 Å². The second kappa shape index (κ2) is 5.76. The first-order chi connectivity index (χ1) is 8.58. The van der Waals surface area contributed by atoms with Gasteiger partial charge >= 0.3 is 0 Å². The predicted molar refractivity (Wildman–Crippen MR) is 68.4 cm³/mol. The molecular formula is C14H20F2N2. The second-order valence-corrected chi connectivity index (χ2v) is 5.25. The van der Waals surface area contributed by atoms with Gasteiger partial charge in [-0.05, 0) is 63.6 Å². The van der Waals surface area contributed by atoms with E-state index in [1.807, 2.05) is 14.1 Å². The van der Waals surface area contributed by atoms with Gasteiger partial charge in [-0.2, -0.15) is 0 Å². The summed E-state index contributed by atoms with van der Waals surface area (Å²) in [6.45, 7) is 2.08. The van der Waals surface area contributed by atoms with Crippen LogP contribution in [0.15, 0.2) is 18.2 Å². The molecule has 100 valence electrons. The van der Waals surface area contributed by atoms with E-state index >= 15 is 0 Å². The van der Waals surface area contributed by atoms with Crippen molar-refractivity contribution in [3.63, 3.8) is 0 Å². The van der Waals surface area contributed by atoms with Crippen molar-refractivity contribution < 1.29 is 8.78 Å². The highest BCUT2D eigenvalue weighted by Crippen LogP contribution is 2.29. The maximum absolute atomic E-state index is 13.3. The van der Waals surface area contributed by atoms with Gasteiger partial charge in [0.2, 0.25) is 0 Å². The highest BCUT2D eigenvalue weighted by Gasteiger charge is 2.23. The van der Waals surface area contributed by atoms with Crippen LogP contribution in [0.5, 0.6) is 0 Å². The third kappa shape index (κ3) is 3.06. The highest BCUT2D eigenvalue weighted by atomic mass is 19.2. The summed E-state index contributed by atoms with van der Waals surface area (Å²) in [7, 11) is 3.96. The van der Waals surface area contributed by atoms with Gasteiger partial charge in [0.05, 0.1) is 0 Å². The van der Waals surface area contributed by atoms with Crippen LogP contribution >= 0.6 is 0 Å². The molecule has 2 rings (SSSR count). The summed E-state index contributed by atoms with van der Waals surface area (Å²) < 4.78 is 26.3. The number of benzene rings is 1. The van der Waals surface area contributed by atoms with E-state index < -0.39 is 11.6 Å². The average molecular weight is 254 g/mol. The smallest absolute Gasteiger partial charge is 0.159 e. The normalized spacial score (nSPS) is 21.5. The molecule has 1 fully saturated rings. The Kier molecular flexibility index (Phi) is 4.30. The lowest BCUT2D eigenvalue weighted by Crippen LogP contribution is -2.23. The Morgan fingerprint density at radius 3 is 2.67 bits per heavy atom. The first kappa shape index (κ1) is 13.4. The molecule has 2 nitrogen and oxygen atoms in total. The van der Waals surface area contributed by atoms with Crippen molar-refractivity contribution in [3.8, 4) is 0 Å². The van der Waals surface area contributed by atoms with Crippen LogP contribution in [0, 0.1) is 17.6 Å². The van der Waals surface area contributed by atoms with Crippen LogP contribution in [-0.2, 0) is 0 Å². The number of rotatable bonds is 4. The zero-order valence-corrected chi connectivity index (χ0v) is 10.9. The fourth-order valence-electron chi connectivity index (χ4n) is 2.60. The molecule has 4 heteroatoms. The van der Waals surface area contributed by atoms with Crippen molar-refractivity contribution in [3.05, 3.63) is 35.4 Å². The Morgan fingerprint density at radius 2 is 2.11 bits per heavy atom. The summed E-state index contributed by atoms with van der Waals surface area (Å²) in [5.41, 5.74) is 0.853. The quantitative estimate of drug-likeness (QED) is 0.888. The van der Waals surface area contributed by atoms with Gasteiger partial charge in [-0.1, -0.05) is 6.07 Å². The second-order valence-electron chi connectivity index (χ2n) is 5.25. The Bertz CT molecular complexity index is 401. The van der Waals surface area contributed by atoms with E-state index in [-0.39, 0.29) is 6.04 Å². The van der Waals surface area contributed by atoms with Crippen LogP contribution in [0.1, 0.15) is 24.4 Å². The van der Waals surface area contributed by atoms with E-state index in [9.17, 15) is 8.78 Å². The Labute approximate surface area is 107 Å². The van der Waals surface area contributed by atoms with Gasteiger partial charge in [-0.15, -0.1) is 0 Å². The molecular weight excluding hydrogens is 234 g/mol. The minimum absolute atomic E-state index is 0.144. The summed E-state index contributed by atoms with van der Waals surface area (Å²) in [5, 5.41) is 3.34. The molecule has 0 saturated carbocycles. The summed E-state index contributed by atoms with van der Waals surface area (Å²) in [6.07, 6.45) is 2.14. The molecule has 1 aromatic carbocycles. The Balaban J connectivity index is 2.15. The van der Waals surface area contributed by atoms with Gasteiger partial charge < -0.3 is 10.2 Å². The number of nitrogens with zero attached hydrogens (tertiary/aromatic N) is 1. The number of halogens is 2. The Morgan fingerprint density at radius 1 is 1.33 bits per heavy atom. The van der Waals surface area contributed by atoms with Gasteiger partial charge in [-0.25, -0.2) is 8.78 Å². The molecule has 0 aliphatic carbocycles. The molecule has 0 amide bonds. The molecule has 2 unspecified atom stereocenters. The summed E-state index contributed by atoms with van der Waals surface area (Å²) in [6, 6.07) is 4.37. The van der Waals surface area contributed by atoms with E-state index in [0.717, 1.165) is 31.5 Å². The van der Waals surface area contributed by atoms with Crippen molar-refractivity contribution in [1.82, 2.24) is 10.2 Å². The molecule has 18 heavy (non-hydrogen) atoms. The first-order valence-corrected chi connectivity index (χ1v) is 6.40. The van der Waals surface area contributed by atoms with Gasteiger partial charge in [-0.3, -0.25) is 0 Å². The molecule has 1 heterocycles. The van der Waals surface area contributed by atoms with Crippen LogP contribution in [0.4, 0.5) is 8.78 Å². The van der Waals surface area contributed by atoms with Crippen LogP contribution in [0.25, 0.3) is 0 Å². The summed E-state index contributed by atoms with van der Waals surface area (Å²) >= 11 is 0. The van der Waals surface area contributed by atoms with Gasteiger partial charge in [0.1, 0.15) is 0 Å². The topological polar surface area (TPSA) is 15.3 Å². The maximum atomic E-state index is 13.3. The largest absolute Gasteiger partial charge is 0.316 e. The number of hydrogen-bond donors (Lipinski definition) is 1. The zero-order valence-electron chi connectivity index (χ0n) is 10.9. The highest BCUT2D eigenvalue weighted by molar-refractivity contribution is 5.21. The molecule has 1 aromatic rings. The molecule has 0 aromatic heterocycles. The number of hydrogen-bond acceptors (Lipinski definition) is 2. The molecule has 1 aliphatic heterocycles. The molecule has 1 saturated heterocycles. The first-order valence-electron chi connectivity index (χ1n) is 6.40. The third-order valence-electron chi connectivity index (χ3n) is 3.67. The van der Waals surface area contributed by atoms with E-state index in [1.165, 1.54) is 12.1 Å². The van der Waals surface area contributed by atoms with Gasteiger partial charge in [0.25, 0.3) is 0 Å². The zero-order chi connectivity index (χ0) is 13.1. The van der Waals surface area contributed by atoms with E-state index in [2.05, 4.69) is 10.2 Å². The summed E-state index contributed by atoms with van der Waals surface area (Å²) in [4.78, 5) is 2.07. The van der Waals surface area contributed by atoms with Crippen LogP contribution < -0.4 is 5.32 Å². The Hall–Kier alpha value is -1.00. The fraction of sp³-hybridized carbons (Fsp3) is 0.571. The van der Waals surface area contributed by atoms with Crippen LogP contribution in [0.3, 0.4) is 0 Å². The van der Waals surface area contributed by atoms with Gasteiger partial charge in [0.15, 0.2) is 11.6 Å². The standard InChI is InChI=1S/C14H20F2N2/c1-18(2)14(7-10-5-6-17-9-10)11-3-4-12(15)13(16)8-11/h3-4,8,10,14,17H,5-7,9H2,1-2H3.